The monoisotopic (exact) mass is 458 g/mol. The fourth-order valence-corrected chi connectivity index (χ4v) is 4.43. The number of carbonyl (C=O) groups excluding carboxylic acids is 2. The van der Waals surface area contributed by atoms with Crippen LogP contribution in [0.1, 0.15) is 49.1 Å². The van der Waals surface area contributed by atoms with Crippen LogP contribution in [0.3, 0.4) is 0 Å². The minimum absolute atomic E-state index is 0.117. The van der Waals surface area contributed by atoms with Crippen molar-refractivity contribution >= 4 is 23.7 Å². The zero-order valence-corrected chi connectivity index (χ0v) is 19.4. The van der Waals surface area contributed by atoms with Crippen molar-refractivity contribution in [3.63, 3.8) is 0 Å². The van der Waals surface area contributed by atoms with Crippen LogP contribution in [-0.4, -0.2) is 38.2 Å². The van der Waals surface area contributed by atoms with Gasteiger partial charge in [-0.2, -0.15) is 0 Å². The maximum atomic E-state index is 12.6. The Morgan fingerprint density at radius 2 is 1.72 bits per heavy atom. The lowest BCUT2D eigenvalue weighted by molar-refractivity contribution is -0.156. The maximum absolute atomic E-state index is 12.6. The van der Waals surface area contributed by atoms with Gasteiger partial charge < -0.3 is 18.9 Å². The molecule has 2 atom stereocenters. The van der Waals surface area contributed by atoms with Crippen LogP contribution in [0.5, 0.6) is 11.5 Å². The molecule has 6 nitrogen and oxygen atoms in total. The molecule has 0 spiro atoms. The second-order valence-electron chi connectivity index (χ2n) is 7.89. The minimum Gasteiger partial charge on any atom is -0.493 e. The summed E-state index contributed by atoms with van der Waals surface area (Å²) in [6.07, 6.45) is 4.50. The molecule has 1 saturated carbocycles. The highest BCUT2D eigenvalue weighted by molar-refractivity contribution is 7.96. The molecule has 1 aliphatic carbocycles. The van der Waals surface area contributed by atoms with E-state index < -0.39 is 22.9 Å². The standard InChI is InChI=1S/C25H30O6S/c1-28-16-30-23(26)15-20(25(27)32)24(17-8-4-3-5-9-17)18-12-13-21(22(14-18)29-2)31-19-10-6-7-11-19/h3-5,8-9,12-14,19-20,24H,6-7,10-11,15-16H2,1-2H3,(H,27,32). The third-order valence-corrected chi connectivity index (χ3v) is 6.08. The first-order chi connectivity index (χ1) is 15.5. The second kappa shape index (κ2) is 11.9. The third-order valence-electron chi connectivity index (χ3n) is 5.75. The summed E-state index contributed by atoms with van der Waals surface area (Å²) < 4.78 is 21.6. The molecule has 2 aromatic rings. The third kappa shape index (κ3) is 6.26. The van der Waals surface area contributed by atoms with Gasteiger partial charge in [0.1, 0.15) is 0 Å². The summed E-state index contributed by atoms with van der Waals surface area (Å²) in [4.78, 5) is 24.9. The Kier molecular flexibility index (Phi) is 9.00. The zero-order chi connectivity index (χ0) is 22.9. The number of hydrogen-bond donors (Lipinski definition) is 1. The number of rotatable bonds is 11. The summed E-state index contributed by atoms with van der Waals surface area (Å²) in [6.45, 7) is -0.163. The van der Waals surface area contributed by atoms with Crippen molar-refractivity contribution in [1.29, 1.82) is 0 Å². The molecule has 172 valence electrons. The first-order valence-electron chi connectivity index (χ1n) is 10.8. The first-order valence-corrected chi connectivity index (χ1v) is 11.2. The summed E-state index contributed by atoms with van der Waals surface area (Å²) in [5, 5.41) is -0.390. The van der Waals surface area contributed by atoms with Crippen LogP contribution in [0.4, 0.5) is 0 Å². The van der Waals surface area contributed by atoms with Gasteiger partial charge in [0.15, 0.2) is 23.4 Å². The van der Waals surface area contributed by atoms with E-state index in [0.717, 1.165) is 24.0 Å². The summed E-state index contributed by atoms with van der Waals surface area (Å²) >= 11 is 4.11. The molecule has 0 N–H and O–H groups in total. The maximum Gasteiger partial charge on any atom is 0.308 e. The van der Waals surface area contributed by atoms with Gasteiger partial charge in [-0.25, -0.2) is 0 Å². The summed E-state index contributed by atoms with van der Waals surface area (Å²) in [5.41, 5.74) is 1.73. The molecule has 2 aromatic carbocycles. The van der Waals surface area contributed by atoms with Crippen molar-refractivity contribution in [2.75, 3.05) is 21.0 Å². The number of benzene rings is 2. The Balaban J connectivity index is 1.95. The first kappa shape index (κ1) is 24.1. The van der Waals surface area contributed by atoms with E-state index in [9.17, 15) is 9.59 Å². The average molecular weight is 459 g/mol. The molecular weight excluding hydrogens is 428 g/mol. The van der Waals surface area contributed by atoms with Crippen LogP contribution < -0.4 is 9.47 Å². The number of carbonyl (C=O) groups is 2. The van der Waals surface area contributed by atoms with Crippen LogP contribution in [0.2, 0.25) is 0 Å². The van der Waals surface area contributed by atoms with Crippen molar-refractivity contribution in [3.8, 4) is 11.5 Å². The summed E-state index contributed by atoms with van der Waals surface area (Å²) in [5.74, 6) is -0.374. The van der Waals surface area contributed by atoms with Crippen LogP contribution in [0, 0.1) is 5.92 Å². The van der Waals surface area contributed by atoms with Crippen LogP contribution in [0.25, 0.3) is 0 Å². The largest absolute Gasteiger partial charge is 0.493 e. The molecule has 0 aromatic heterocycles. The molecule has 7 heteroatoms. The molecule has 32 heavy (non-hydrogen) atoms. The van der Waals surface area contributed by atoms with E-state index >= 15 is 0 Å². The second-order valence-corrected chi connectivity index (χ2v) is 8.34. The van der Waals surface area contributed by atoms with Gasteiger partial charge >= 0.3 is 5.97 Å². The van der Waals surface area contributed by atoms with E-state index in [1.54, 1.807) is 7.11 Å². The molecule has 1 aliphatic rings. The van der Waals surface area contributed by atoms with E-state index in [4.69, 9.17) is 18.9 Å². The predicted octanol–water partition coefficient (Wildman–Crippen LogP) is 4.76. The molecular formula is C25H30O6S. The van der Waals surface area contributed by atoms with Gasteiger partial charge in [-0.05, 0) is 48.9 Å². The number of esters is 1. The molecule has 0 bridgehead atoms. The van der Waals surface area contributed by atoms with Crippen molar-refractivity contribution < 1.29 is 28.5 Å². The number of hydrogen-bond acceptors (Lipinski definition) is 6. The topological polar surface area (TPSA) is 71.1 Å². The molecule has 0 saturated heterocycles. The van der Waals surface area contributed by atoms with Crippen molar-refractivity contribution in [2.45, 2.75) is 44.1 Å². The van der Waals surface area contributed by atoms with Crippen molar-refractivity contribution in [3.05, 3.63) is 59.7 Å². The smallest absolute Gasteiger partial charge is 0.308 e. The normalized spacial score (nSPS) is 15.7. The van der Waals surface area contributed by atoms with Crippen LogP contribution in [0.15, 0.2) is 48.5 Å². The van der Waals surface area contributed by atoms with E-state index in [-0.39, 0.29) is 19.3 Å². The van der Waals surface area contributed by atoms with Crippen molar-refractivity contribution in [1.82, 2.24) is 0 Å². The zero-order valence-electron chi connectivity index (χ0n) is 18.5. The molecule has 0 heterocycles. The quantitative estimate of drug-likeness (QED) is 0.297. The van der Waals surface area contributed by atoms with Gasteiger partial charge in [0.2, 0.25) is 0 Å². The number of thiol groups is 1. The Morgan fingerprint density at radius 1 is 1.00 bits per heavy atom. The van der Waals surface area contributed by atoms with Gasteiger partial charge in [0, 0.05) is 18.9 Å². The Hall–Kier alpha value is -2.51. The highest BCUT2D eigenvalue weighted by atomic mass is 32.1. The van der Waals surface area contributed by atoms with Crippen LogP contribution in [-0.2, 0) is 19.1 Å². The minimum atomic E-state index is -0.726. The Bertz CT molecular complexity index is 895. The molecule has 0 amide bonds. The van der Waals surface area contributed by atoms with E-state index in [1.807, 2.05) is 48.5 Å². The van der Waals surface area contributed by atoms with Gasteiger partial charge in [0.25, 0.3) is 0 Å². The van der Waals surface area contributed by atoms with Crippen LogP contribution >= 0.6 is 12.6 Å². The average Bonchev–Trinajstić information content (AvgIpc) is 3.31. The Morgan fingerprint density at radius 3 is 2.34 bits per heavy atom. The molecule has 1 fully saturated rings. The molecule has 0 aliphatic heterocycles. The highest BCUT2D eigenvalue weighted by Gasteiger charge is 2.32. The van der Waals surface area contributed by atoms with E-state index in [2.05, 4.69) is 12.6 Å². The van der Waals surface area contributed by atoms with Crippen molar-refractivity contribution in [2.24, 2.45) is 5.92 Å². The van der Waals surface area contributed by atoms with Gasteiger partial charge in [-0.3, -0.25) is 9.59 Å². The fourth-order valence-electron chi connectivity index (χ4n) is 4.19. The van der Waals surface area contributed by atoms with E-state index in [1.165, 1.54) is 20.0 Å². The Labute approximate surface area is 194 Å². The molecule has 2 unspecified atom stereocenters. The lowest BCUT2D eigenvalue weighted by atomic mass is 9.79. The highest BCUT2D eigenvalue weighted by Crippen LogP contribution is 2.40. The van der Waals surface area contributed by atoms with Gasteiger partial charge in [-0.15, -0.1) is 12.6 Å². The lowest BCUT2D eigenvalue weighted by Crippen LogP contribution is -2.25. The molecule has 0 radical (unpaired) electrons. The molecule has 3 rings (SSSR count). The lowest BCUT2D eigenvalue weighted by Gasteiger charge is -2.26. The van der Waals surface area contributed by atoms with Gasteiger partial charge in [0.05, 0.1) is 19.6 Å². The van der Waals surface area contributed by atoms with Gasteiger partial charge in [-0.1, -0.05) is 36.4 Å². The predicted molar refractivity (Wildman–Crippen MR) is 124 cm³/mol. The summed E-state index contributed by atoms with van der Waals surface area (Å²) in [7, 11) is 3.03. The number of ether oxygens (including phenoxy) is 4. The van der Waals surface area contributed by atoms with E-state index in [0.29, 0.717) is 11.5 Å². The summed E-state index contributed by atoms with van der Waals surface area (Å²) in [6, 6.07) is 15.3. The fraction of sp³-hybridized carbons (Fsp3) is 0.440. The number of methoxy groups -OCH3 is 2. The SMILES string of the molecule is COCOC(=O)CC(C(=O)S)C(c1ccccc1)c1ccc(OC2CCCC2)c(OC)c1.